The molecule has 1 aliphatic rings. The SMILES string of the molecule is NC(=O)c1c(-c2ccc(CN3CCCC3)s2)cnc2[nH]ccc12. The Hall–Kier alpha value is -2.18. The highest BCUT2D eigenvalue weighted by molar-refractivity contribution is 7.15. The number of amides is 1. The van der Waals surface area contributed by atoms with Gasteiger partial charge >= 0.3 is 0 Å². The first-order valence-electron chi connectivity index (χ1n) is 7.80. The Morgan fingerprint density at radius 3 is 2.91 bits per heavy atom. The van der Waals surface area contributed by atoms with Crippen molar-refractivity contribution in [2.24, 2.45) is 5.73 Å². The quantitative estimate of drug-likeness (QED) is 0.774. The van der Waals surface area contributed by atoms with Crippen molar-refractivity contribution >= 4 is 28.3 Å². The van der Waals surface area contributed by atoms with Crippen LogP contribution in [-0.2, 0) is 6.54 Å². The molecule has 0 bridgehead atoms. The van der Waals surface area contributed by atoms with Crippen LogP contribution < -0.4 is 5.73 Å². The number of hydrogen-bond donors (Lipinski definition) is 2. The standard InChI is InChI=1S/C17H18N4OS/c18-16(22)15-12-5-6-19-17(12)20-9-13(15)14-4-3-11(23-14)10-21-7-1-2-8-21/h3-6,9H,1-2,7-8,10H2,(H2,18,22)(H,19,20). The molecule has 0 unspecified atom stereocenters. The lowest BCUT2D eigenvalue weighted by Crippen LogP contribution is -2.17. The Morgan fingerprint density at radius 2 is 2.13 bits per heavy atom. The minimum atomic E-state index is -0.415. The molecule has 4 rings (SSSR count). The molecule has 23 heavy (non-hydrogen) atoms. The maximum absolute atomic E-state index is 12.0. The minimum Gasteiger partial charge on any atom is -0.366 e. The van der Waals surface area contributed by atoms with Gasteiger partial charge in [0.25, 0.3) is 0 Å². The van der Waals surface area contributed by atoms with Crippen molar-refractivity contribution < 1.29 is 4.79 Å². The van der Waals surface area contributed by atoms with Gasteiger partial charge in [0, 0.05) is 39.6 Å². The van der Waals surface area contributed by atoms with Crippen LogP contribution in [-0.4, -0.2) is 33.9 Å². The van der Waals surface area contributed by atoms with E-state index in [1.165, 1.54) is 30.8 Å². The number of aromatic amines is 1. The van der Waals surface area contributed by atoms with Crippen molar-refractivity contribution in [3.8, 4) is 10.4 Å². The highest BCUT2D eigenvalue weighted by Crippen LogP contribution is 2.34. The number of likely N-dealkylation sites (tertiary alicyclic amines) is 1. The Labute approximate surface area is 138 Å². The van der Waals surface area contributed by atoms with E-state index >= 15 is 0 Å². The van der Waals surface area contributed by atoms with Gasteiger partial charge in [0.2, 0.25) is 5.91 Å². The first kappa shape index (κ1) is 14.4. The summed E-state index contributed by atoms with van der Waals surface area (Å²) in [5.74, 6) is -0.415. The molecule has 0 aromatic carbocycles. The van der Waals surface area contributed by atoms with E-state index < -0.39 is 5.91 Å². The van der Waals surface area contributed by atoms with E-state index in [4.69, 9.17) is 5.73 Å². The smallest absolute Gasteiger partial charge is 0.250 e. The van der Waals surface area contributed by atoms with Gasteiger partial charge in [-0.3, -0.25) is 9.69 Å². The summed E-state index contributed by atoms with van der Waals surface area (Å²) in [6.45, 7) is 3.34. The number of aromatic nitrogens is 2. The third kappa shape index (κ3) is 2.64. The van der Waals surface area contributed by atoms with Crippen LogP contribution in [0.3, 0.4) is 0 Å². The number of nitrogens with two attached hydrogens (primary N) is 1. The molecule has 4 heterocycles. The van der Waals surface area contributed by atoms with Gasteiger partial charge in [-0.05, 0) is 44.1 Å². The number of nitrogens with one attached hydrogen (secondary N) is 1. The molecule has 0 saturated carbocycles. The van der Waals surface area contributed by atoms with E-state index in [2.05, 4.69) is 27.0 Å². The fourth-order valence-corrected chi connectivity index (χ4v) is 4.30. The van der Waals surface area contributed by atoms with Gasteiger partial charge in [-0.2, -0.15) is 0 Å². The zero-order valence-corrected chi connectivity index (χ0v) is 13.5. The van der Waals surface area contributed by atoms with Crippen molar-refractivity contribution in [3.05, 3.63) is 41.0 Å². The molecule has 0 radical (unpaired) electrons. The van der Waals surface area contributed by atoms with E-state index in [1.54, 1.807) is 23.7 Å². The topological polar surface area (TPSA) is 75.0 Å². The average Bonchev–Trinajstić information content (AvgIpc) is 3.27. The molecule has 1 amide bonds. The first-order valence-corrected chi connectivity index (χ1v) is 8.61. The number of carbonyl (C=O) groups is 1. The third-order valence-electron chi connectivity index (χ3n) is 4.34. The Kier molecular flexibility index (Phi) is 3.63. The number of primary amides is 1. The van der Waals surface area contributed by atoms with Gasteiger partial charge < -0.3 is 10.7 Å². The van der Waals surface area contributed by atoms with Crippen LogP contribution in [0.1, 0.15) is 28.1 Å². The molecule has 3 aromatic rings. The number of pyridine rings is 1. The minimum absolute atomic E-state index is 0.415. The van der Waals surface area contributed by atoms with E-state index in [1.807, 2.05) is 6.07 Å². The molecular formula is C17H18N4OS. The number of fused-ring (bicyclic) bond motifs is 1. The van der Waals surface area contributed by atoms with Crippen molar-refractivity contribution in [3.63, 3.8) is 0 Å². The zero-order valence-electron chi connectivity index (χ0n) is 12.7. The van der Waals surface area contributed by atoms with Crippen molar-refractivity contribution in [2.45, 2.75) is 19.4 Å². The molecule has 0 spiro atoms. The van der Waals surface area contributed by atoms with Crippen LogP contribution in [0.15, 0.2) is 30.6 Å². The van der Waals surface area contributed by atoms with Crippen LogP contribution in [0, 0.1) is 0 Å². The van der Waals surface area contributed by atoms with E-state index in [-0.39, 0.29) is 0 Å². The van der Waals surface area contributed by atoms with E-state index in [0.717, 1.165) is 22.4 Å². The van der Waals surface area contributed by atoms with Crippen LogP contribution in [0.5, 0.6) is 0 Å². The molecule has 0 atom stereocenters. The van der Waals surface area contributed by atoms with Gasteiger partial charge in [0.1, 0.15) is 5.65 Å². The summed E-state index contributed by atoms with van der Waals surface area (Å²) in [6, 6.07) is 6.06. The van der Waals surface area contributed by atoms with Gasteiger partial charge in [-0.1, -0.05) is 0 Å². The van der Waals surface area contributed by atoms with E-state index in [0.29, 0.717) is 11.2 Å². The van der Waals surface area contributed by atoms with Crippen LogP contribution in [0.4, 0.5) is 0 Å². The predicted octanol–water partition coefficient (Wildman–Crippen LogP) is 2.99. The van der Waals surface area contributed by atoms with Gasteiger partial charge in [-0.25, -0.2) is 4.98 Å². The summed E-state index contributed by atoms with van der Waals surface area (Å²) < 4.78 is 0. The van der Waals surface area contributed by atoms with Crippen LogP contribution in [0.25, 0.3) is 21.5 Å². The molecule has 3 N–H and O–H groups in total. The Bertz CT molecular complexity index is 860. The maximum atomic E-state index is 12.0. The summed E-state index contributed by atoms with van der Waals surface area (Å²) in [6.07, 6.45) is 6.10. The zero-order chi connectivity index (χ0) is 15.8. The molecule has 5 nitrogen and oxygen atoms in total. The number of hydrogen-bond acceptors (Lipinski definition) is 4. The maximum Gasteiger partial charge on any atom is 0.250 e. The number of nitrogens with zero attached hydrogens (tertiary/aromatic N) is 2. The van der Waals surface area contributed by atoms with Crippen LogP contribution >= 0.6 is 11.3 Å². The lowest BCUT2D eigenvalue weighted by atomic mass is 10.1. The van der Waals surface area contributed by atoms with Gasteiger partial charge in [0.05, 0.1) is 5.56 Å². The Morgan fingerprint density at radius 1 is 1.30 bits per heavy atom. The second kappa shape index (κ2) is 5.79. The van der Waals surface area contributed by atoms with Crippen LogP contribution in [0.2, 0.25) is 0 Å². The van der Waals surface area contributed by atoms with Gasteiger partial charge in [-0.15, -0.1) is 11.3 Å². The molecular weight excluding hydrogens is 308 g/mol. The number of carbonyl (C=O) groups excluding carboxylic acids is 1. The normalized spacial score (nSPS) is 15.5. The van der Waals surface area contributed by atoms with Crippen molar-refractivity contribution in [1.29, 1.82) is 0 Å². The molecule has 1 aliphatic heterocycles. The summed E-state index contributed by atoms with van der Waals surface area (Å²) in [5.41, 5.74) is 7.69. The molecule has 0 aliphatic carbocycles. The van der Waals surface area contributed by atoms with Crippen molar-refractivity contribution in [1.82, 2.24) is 14.9 Å². The second-order valence-electron chi connectivity index (χ2n) is 5.90. The van der Waals surface area contributed by atoms with Crippen molar-refractivity contribution in [2.75, 3.05) is 13.1 Å². The lowest BCUT2D eigenvalue weighted by Gasteiger charge is -2.12. The van der Waals surface area contributed by atoms with E-state index in [9.17, 15) is 4.79 Å². The predicted molar refractivity (Wildman–Crippen MR) is 92.4 cm³/mol. The lowest BCUT2D eigenvalue weighted by molar-refractivity contribution is 0.100. The summed E-state index contributed by atoms with van der Waals surface area (Å²) in [7, 11) is 0. The molecule has 3 aromatic heterocycles. The highest BCUT2D eigenvalue weighted by atomic mass is 32.1. The molecule has 118 valence electrons. The molecule has 1 saturated heterocycles. The highest BCUT2D eigenvalue weighted by Gasteiger charge is 2.18. The first-order chi connectivity index (χ1) is 11.2. The Balaban J connectivity index is 1.72. The third-order valence-corrected chi connectivity index (χ3v) is 5.44. The fourth-order valence-electron chi connectivity index (χ4n) is 3.23. The summed E-state index contributed by atoms with van der Waals surface area (Å²) in [5, 5.41) is 0.782. The average molecular weight is 326 g/mol. The molecule has 1 fully saturated rings. The number of rotatable bonds is 4. The number of thiophene rings is 1. The largest absolute Gasteiger partial charge is 0.366 e. The van der Waals surface area contributed by atoms with Gasteiger partial charge in [0.15, 0.2) is 0 Å². The number of H-pyrrole nitrogens is 1. The summed E-state index contributed by atoms with van der Waals surface area (Å²) >= 11 is 1.72. The monoisotopic (exact) mass is 326 g/mol. The fraction of sp³-hybridized carbons (Fsp3) is 0.294. The molecule has 6 heteroatoms. The summed E-state index contributed by atoms with van der Waals surface area (Å²) in [4.78, 5) is 24.2. The second-order valence-corrected chi connectivity index (χ2v) is 7.07.